The monoisotopic (exact) mass is 315 g/mol. The minimum absolute atomic E-state index is 0.157. The highest BCUT2D eigenvalue weighted by Crippen LogP contribution is 2.21. The van der Waals surface area contributed by atoms with Crippen LogP contribution in [0.25, 0.3) is 10.8 Å². The number of fused-ring (bicyclic) bond motifs is 1. The predicted octanol–water partition coefficient (Wildman–Crippen LogP) is 1.78. The third kappa shape index (κ3) is 3.08. The number of hydrogen-bond donors (Lipinski definition) is 3. The van der Waals surface area contributed by atoms with Gasteiger partial charge >= 0.3 is 0 Å². The number of carbonyl (C=O) groups excluding carboxylic acids is 2. The van der Waals surface area contributed by atoms with Crippen LogP contribution >= 0.6 is 11.8 Å². The lowest BCUT2D eigenvalue weighted by Gasteiger charge is -2.20. The lowest BCUT2D eigenvalue weighted by atomic mass is 10.0. The van der Waals surface area contributed by atoms with Crippen LogP contribution in [-0.2, 0) is 4.79 Å². The summed E-state index contributed by atoms with van der Waals surface area (Å²) in [4.78, 5) is 23.4. The minimum atomic E-state index is -0.480. The van der Waals surface area contributed by atoms with Gasteiger partial charge in [0, 0.05) is 12.3 Å². The molecule has 1 aliphatic heterocycles. The molecule has 0 aromatic heterocycles. The van der Waals surface area contributed by atoms with E-state index in [0.717, 1.165) is 28.1 Å². The summed E-state index contributed by atoms with van der Waals surface area (Å²) < 4.78 is 0. The van der Waals surface area contributed by atoms with Crippen molar-refractivity contribution in [2.45, 2.75) is 12.1 Å². The summed E-state index contributed by atoms with van der Waals surface area (Å²) in [5, 5.41) is 7.65. The number of thioether (sulfide) groups is 1. The van der Waals surface area contributed by atoms with Gasteiger partial charge in [-0.1, -0.05) is 48.2 Å². The summed E-state index contributed by atoms with van der Waals surface area (Å²) in [5.41, 5.74) is 6.78. The number of amides is 2. The van der Waals surface area contributed by atoms with E-state index in [0.29, 0.717) is 12.3 Å². The summed E-state index contributed by atoms with van der Waals surface area (Å²) in [6.45, 7) is 0.303. The molecule has 114 valence electrons. The minimum Gasteiger partial charge on any atom is -0.346 e. The standard InChI is InChI=1S/C16H17N3O2S/c17-8-13(18-15(20)14-9-22-16(21)19-14)12-6-5-10-3-1-2-4-11(10)7-12/h1-7,13-14H,8-9,17H2,(H,18,20)(H,19,21)/t13?,14-/m0/s1. The number of hydrogen-bond acceptors (Lipinski definition) is 4. The Balaban J connectivity index is 1.77. The van der Waals surface area contributed by atoms with Gasteiger partial charge in [0.1, 0.15) is 6.04 Å². The largest absolute Gasteiger partial charge is 0.346 e. The van der Waals surface area contributed by atoms with Crippen molar-refractivity contribution in [3.63, 3.8) is 0 Å². The first-order chi connectivity index (χ1) is 10.7. The maximum atomic E-state index is 12.2. The number of nitrogens with two attached hydrogens (primary N) is 1. The Morgan fingerprint density at radius 1 is 1.32 bits per heavy atom. The molecule has 1 fully saturated rings. The molecule has 0 aliphatic carbocycles. The zero-order valence-corrected chi connectivity index (χ0v) is 12.7. The first-order valence-electron chi connectivity index (χ1n) is 7.10. The number of nitrogens with one attached hydrogen (secondary N) is 2. The van der Waals surface area contributed by atoms with E-state index in [1.54, 1.807) is 0 Å². The van der Waals surface area contributed by atoms with Crippen molar-refractivity contribution in [1.82, 2.24) is 10.6 Å². The molecule has 1 aliphatic rings. The van der Waals surface area contributed by atoms with Gasteiger partial charge in [-0.3, -0.25) is 9.59 Å². The predicted molar refractivity (Wildman–Crippen MR) is 88.7 cm³/mol. The van der Waals surface area contributed by atoms with Crippen LogP contribution in [0.1, 0.15) is 11.6 Å². The van der Waals surface area contributed by atoms with Crippen molar-refractivity contribution in [3.05, 3.63) is 48.0 Å². The molecule has 0 spiro atoms. The van der Waals surface area contributed by atoms with Gasteiger partial charge in [0.05, 0.1) is 6.04 Å². The summed E-state index contributed by atoms with van der Waals surface area (Å²) in [6, 6.07) is 13.3. The van der Waals surface area contributed by atoms with Crippen LogP contribution in [-0.4, -0.2) is 29.5 Å². The van der Waals surface area contributed by atoms with Crippen molar-refractivity contribution in [2.75, 3.05) is 12.3 Å². The molecular weight excluding hydrogens is 298 g/mol. The summed E-state index contributed by atoms with van der Waals surface area (Å²) in [5.74, 6) is 0.265. The van der Waals surface area contributed by atoms with Crippen LogP contribution in [0.5, 0.6) is 0 Å². The van der Waals surface area contributed by atoms with E-state index >= 15 is 0 Å². The Labute approximate surface area is 132 Å². The first kappa shape index (κ1) is 14.9. The molecule has 0 radical (unpaired) electrons. The molecular formula is C16H17N3O2S. The van der Waals surface area contributed by atoms with Gasteiger partial charge in [-0.25, -0.2) is 0 Å². The second-order valence-electron chi connectivity index (χ2n) is 5.20. The van der Waals surface area contributed by atoms with Crippen LogP contribution in [0.2, 0.25) is 0 Å². The van der Waals surface area contributed by atoms with E-state index in [4.69, 9.17) is 5.73 Å². The third-order valence-corrected chi connectivity index (χ3v) is 4.60. The normalized spacial score (nSPS) is 19.0. The van der Waals surface area contributed by atoms with Gasteiger partial charge in [-0.05, 0) is 22.4 Å². The lowest BCUT2D eigenvalue weighted by Crippen LogP contribution is -2.45. The Morgan fingerprint density at radius 2 is 2.09 bits per heavy atom. The molecule has 2 atom stereocenters. The maximum Gasteiger partial charge on any atom is 0.279 e. The van der Waals surface area contributed by atoms with E-state index in [2.05, 4.69) is 10.6 Å². The lowest BCUT2D eigenvalue weighted by molar-refractivity contribution is -0.123. The summed E-state index contributed by atoms with van der Waals surface area (Å²) >= 11 is 1.12. The van der Waals surface area contributed by atoms with Crippen LogP contribution in [0.15, 0.2) is 42.5 Å². The molecule has 1 unspecified atom stereocenters. The van der Waals surface area contributed by atoms with Gasteiger partial charge in [0.25, 0.3) is 5.24 Å². The molecule has 4 N–H and O–H groups in total. The Kier molecular flexibility index (Phi) is 4.31. The molecule has 2 amide bonds. The quantitative estimate of drug-likeness (QED) is 0.803. The van der Waals surface area contributed by atoms with E-state index < -0.39 is 6.04 Å². The smallest absolute Gasteiger partial charge is 0.279 e. The number of rotatable bonds is 4. The third-order valence-electron chi connectivity index (χ3n) is 3.72. The topological polar surface area (TPSA) is 84.2 Å². The van der Waals surface area contributed by atoms with Crippen molar-refractivity contribution >= 4 is 33.7 Å². The fourth-order valence-electron chi connectivity index (χ4n) is 2.50. The van der Waals surface area contributed by atoms with Gasteiger partial charge in [0.15, 0.2) is 0 Å². The van der Waals surface area contributed by atoms with Crippen LogP contribution in [0, 0.1) is 0 Å². The Hall–Kier alpha value is -2.05. The second kappa shape index (κ2) is 6.37. The zero-order valence-electron chi connectivity index (χ0n) is 11.9. The van der Waals surface area contributed by atoms with Crippen molar-refractivity contribution < 1.29 is 9.59 Å². The maximum absolute atomic E-state index is 12.2. The van der Waals surface area contributed by atoms with Gasteiger partial charge < -0.3 is 16.4 Å². The molecule has 2 aromatic carbocycles. The van der Waals surface area contributed by atoms with Crippen LogP contribution < -0.4 is 16.4 Å². The molecule has 5 nitrogen and oxygen atoms in total. The zero-order chi connectivity index (χ0) is 15.5. The Morgan fingerprint density at radius 3 is 2.77 bits per heavy atom. The molecule has 1 heterocycles. The molecule has 2 aromatic rings. The molecule has 1 saturated heterocycles. The fourth-order valence-corrected chi connectivity index (χ4v) is 3.28. The first-order valence-corrected chi connectivity index (χ1v) is 8.08. The molecule has 22 heavy (non-hydrogen) atoms. The van der Waals surface area contributed by atoms with E-state index in [1.807, 2.05) is 42.5 Å². The molecule has 3 rings (SSSR count). The molecule has 6 heteroatoms. The molecule has 0 saturated carbocycles. The van der Waals surface area contributed by atoms with Crippen LogP contribution in [0.3, 0.4) is 0 Å². The van der Waals surface area contributed by atoms with Crippen LogP contribution in [0.4, 0.5) is 4.79 Å². The summed E-state index contributed by atoms with van der Waals surface area (Å²) in [7, 11) is 0. The highest BCUT2D eigenvalue weighted by molar-refractivity contribution is 8.14. The average molecular weight is 315 g/mol. The highest BCUT2D eigenvalue weighted by atomic mass is 32.2. The van der Waals surface area contributed by atoms with E-state index in [1.165, 1.54) is 0 Å². The van der Waals surface area contributed by atoms with Crippen molar-refractivity contribution in [2.24, 2.45) is 5.73 Å². The summed E-state index contributed by atoms with van der Waals surface area (Å²) in [6.07, 6.45) is 0. The highest BCUT2D eigenvalue weighted by Gasteiger charge is 2.29. The van der Waals surface area contributed by atoms with E-state index in [-0.39, 0.29) is 17.2 Å². The molecule has 0 bridgehead atoms. The van der Waals surface area contributed by atoms with Gasteiger partial charge in [-0.15, -0.1) is 0 Å². The van der Waals surface area contributed by atoms with Crippen molar-refractivity contribution in [1.29, 1.82) is 0 Å². The van der Waals surface area contributed by atoms with Crippen molar-refractivity contribution in [3.8, 4) is 0 Å². The number of benzene rings is 2. The fraction of sp³-hybridized carbons (Fsp3) is 0.250. The van der Waals surface area contributed by atoms with Gasteiger partial charge in [0.2, 0.25) is 5.91 Å². The average Bonchev–Trinajstić information content (AvgIpc) is 2.98. The second-order valence-corrected chi connectivity index (χ2v) is 6.19. The Bertz CT molecular complexity index is 719. The SMILES string of the molecule is NCC(NC(=O)[C@@H]1CSC(=O)N1)c1ccc2ccccc2c1. The van der Waals surface area contributed by atoms with Gasteiger partial charge in [-0.2, -0.15) is 0 Å². The number of carbonyl (C=O) groups is 2. The van der Waals surface area contributed by atoms with E-state index in [9.17, 15) is 9.59 Å².